The van der Waals surface area contributed by atoms with Gasteiger partial charge in [-0.3, -0.25) is 14.5 Å². The van der Waals surface area contributed by atoms with Crippen LogP contribution in [-0.4, -0.2) is 49.5 Å². The molecule has 2 amide bonds. The average molecular weight is 361 g/mol. The zero-order valence-electron chi connectivity index (χ0n) is 16.2. The zero-order chi connectivity index (χ0) is 19.1. The highest BCUT2D eigenvalue weighted by Crippen LogP contribution is 2.23. The summed E-state index contributed by atoms with van der Waals surface area (Å²) in [6.45, 7) is 4.17. The minimum atomic E-state index is -0.361. The molecular weight excluding hydrogens is 330 g/mol. The highest BCUT2D eigenvalue weighted by molar-refractivity contribution is 5.93. The second kappa shape index (κ2) is 9.57. The molecule has 144 valence electrons. The molecule has 2 rings (SSSR count). The van der Waals surface area contributed by atoms with Crippen LogP contribution in [0, 0.1) is 5.92 Å². The number of benzene rings is 1. The van der Waals surface area contributed by atoms with E-state index >= 15 is 0 Å². The van der Waals surface area contributed by atoms with Crippen LogP contribution in [0.3, 0.4) is 0 Å². The lowest BCUT2D eigenvalue weighted by Crippen LogP contribution is -2.50. The maximum Gasteiger partial charge on any atom is 0.238 e. The van der Waals surface area contributed by atoms with Gasteiger partial charge in [0.25, 0.3) is 0 Å². The quantitative estimate of drug-likeness (QED) is 0.783. The zero-order valence-corrected chi connectivity index (χ0v) is 16.2. The van der Waals surface area contributed by atoms with E-state index in [1.54, 1.807) is 31.2 Å². The molecule has 0 unspecified atom stereocenters. The van der Waals surface area contributed by atoms with E-state index < -0.39 is 0 Å². The Balaban J connectivity index is 1.83. The molecule has 1 fully saturated rings. The van der Waals surface area contributed by atoms with Gasteiger partial charge in [-0.05, 0) is 44.9 Å². The topological polar surface area (TPSA) is 70.7 Å². The highest BCUT2D eigenvalue weighted by atomic mass is 16.5. The summed E-state index contributed by atoms with van der Waals surface area (Å²) in [5.41, 5.74) is 0.677. The maximum absolute atomic E-state index is 12.5. The molecular formula is C20H31N3O3. The molecule has 0 spiro atoms. The lowest BCUT2D eigenvalue weighted by molar-refractivity contribution is -0.127. The Morgan fingerprint density at radius 1 is 1.31 bits per heavy atom. The van der Waals surface area contributed by atoms with Gasteiger partial charge in [-0.15, -0.1) is 0 Å². The molecule has 0 radical (unpaired) electrons. The van der Waals surface area contributed by atoms with E-state index in [4.69, 9.17) is 4.74 Å². The van der Waals surface area contributed by atoms with Crippen LogP contribution in [0.25, 0.3) is 0 Å². The van der Waals surface area contributed by atoms with Crippen LogP contribution in [-0.2, 0) is 9.59 Å². The van der Waals surface area contributed by atoms with Gasteiger partial charge in [0, 0.05) is 17.8 Å². The van der Waals surface area contributed by atoms with E-state index in [9.17, 15) is 9.59 Å². The first-order chi connectivity index (χ1) is 12.4. The first-order valence-electron chi connectivity index (χ1n) is 9.35. The van der Waals surface area contributed by atoms with Crippen molar-refractivity contribution in [2.75, 3.05) is 26.0 Å². The second-order valence-corrected chi connectivity index (χ2v) is 7.25. The minimum Gasteiger partial charge on any atom is -0.497 e. The Hall–Kier alpha value is -2.08. The van der Waals surface area contributed by atoms with E-state index in [2.05, 4.69) is 17.6 Å². The molecule has 26 heavy (non-hydrogen) atoms. The molecule has 0 aromatic heterocycles. The van der Waals surface area contributed by atoms with E-state index in [1.165, 1.54) is 12.8 Å². The Bertz CT molecular complexity index is 620. The fourth-order valence-electron chi connectivity index (χ4n) is 3.30. The summed E-state index contributed by atoms with van der Waals surface area (Å²) in [7, 11) is 3.38. The van der Waals surface area contributed by atoms with Crippen LogP contribution in [0.5, 0.6) is 5.75 Å². The number of likely N-dealkylation sites (N-methyl/N-ethyl adjacent to an activating group) is 1. The standard InChI is InChI=1S/C20H31N3O3/c1-14-8-5-6-11-18(14)22-20(25)15(2)23(3)13-19(24)21-16-9-7-10-17(12-16)26-4/h7,9-10,12,14-15,18H,5-6,8,11,13H2,1-4H3,(H,21,24)(H,22,25)/t14-,15-,18-/m1/s1. The van der Waals surface area contributed by atoms with Gasteiger partial charge in [-0.1, -0.05) is 25.8 Å². The molecule has 1 saturated carbocycles. The van der Waals surface area contributed by atoms with Gasteiger partial charge in [0.05, 0.1) is 19.7 Å². The Labute approximate surface area is 156 Å². The SMILES string of the molecule is COc1cccc(NC(=O)CN(C)[C@H](C)C(=O)N[C@@H]2CCCC[C@H]2C)c1. The summed E-state index contributed by atoms with van der Waals surface area (Å²) >= 11 is 0. The van der Waals surface area contributed by atoms with Crippen molar-refractivity contribution in [1.29, 1.82) is 0 Å². The number of ether oxygens (including phenoxy) is 1. The number of amides is 2. The molecule has 0 aliphatic heterocycles. The lowest BCUT2D eigenvalue weighted by atomic mass is 9.86. The number of rotatable bonds is 7. The molecule has 1 aliphatic rings. The van der Waals surface area contributed by atoms with Gasteiger partial charge < -0.3 is 15.4 Å². The molecule has 6 heteroatoms. The molecule has 2 N–H and O–H groups in total. The van der Waals surface area contributed by atoms with Crippen LogP contribution >= 0.6 is 0 Å². The van der Waals surface area contributed by atoms with Gasteiger partial charge in [-0.2, -0.15) is 0 Å². The van der Waals surface area contributed by atoms with Crippen molar-refractivity contribution in [3.63, 3.8) is 0 Å². The molecule has 3 atom stereocenters. The number of hydrogen-bond donors (Lipinski definition) is 2. The predicted octanol–water partition coefficient (Wildman–Crippen LogP) is 2.65. The van der Waals surface area contributed by atoms with Gasteiger partial charge in [-0.25, -0.2) is 0 Å². The Morgan fingerprint density at radius 2 is 2.04 bits per heavy atom. The number of carbonyl (C=O) groups excluding carboxylic acids is 2. The molecule has 0 saturated heterocycles. The van der Waals surface area contributed by atoms with Gasteiger partial charge in [0.1, 0.15) is 5.75 Å². The van der Waals surface area contributed by atoms with Crippen molar-refractivity contribution in [3.8, 4) is 5.75 Å². The molecule has 1 aromatic carbocycles. The largest absolute Gasteiger partial charge is 0.497 e. The fraction of sp³-hybridized carbons (Fsp3) is 0.600. The van der Waals surface area contributed by atoms with Gasteiger partial charge in [0.2, 0.25) is 11.8 Å². The summed E-state index contributed by atoms with van der Waals surface area (Å²) in [4.78, 5) is 26.5. The van der Waals surface area contributed by atoms with Gasteiger partial charge in [0.15, 0.2) is 0 Å². The van der Waals surface area contributed by atoms with Gasteiger partial charge >= 0.3 is 0 Å². The summed E-state index contributed by atoms with van der Waals surface area (Å²) < 4.78 is 5.15. The monoisotopic (exact) mass is 361 g/mol. The van der Waals surface area contributed by atoms with Crippen LogP contribution in [0.15, 0.2) is 24.3 Å². The second-order valence-electron chi connectivity index (χ2n) is 7.25. The third-order valence-corrected chi connectivity index (χ3v) is 5.23. The van der Waals surface area contributed by atoms with Crippen molar-refractivity contribution in [2.24, 2.45) is 5.92 Å². The van der Waals surface area contributed by atoms with Crippen LogP contribution < -0.4 is 15.4 Å². The van der Waals surface area contributed by atoms with Crippen molar-refractivity contribution >= 4 is 17.5 Å². The van der Waals surface area contributed by atoms with Crippen molar-refractivity contribution < 1.29 is 14.3 Å². The third-order valence-electron chi connectivity index (χ3n) is 5.23. The van der Waals surface area contributed by atoms with E-state index in [-0.39, 0.29) is 30.4 Å². The fourth-order valence-corrected chi connectivity index (χ4v) is 3.30. The predicted molar refractivity (Wildman–Crippen MR) is 103 cm³/mol. The first kappa shape index (κ1) is 20.2. The summed E-state index contributed by atoms with van der Waals surface area (Å²) in [5, 5.41) is 6.00. The number of carbonyl (C=O) groups is 2. The summed E-state index contributed by atoms with van der Waals surface area (Å²) in [5.74, 6) is 1.03. The van der Waals surface area contributed by atoms with E-state index in [1.807, 2.05) is 19.1 Å². The normalized spacial score (nSPS) is 21.1. The number of hydrogen-bond acceptors (Lipinski definition) is 4. The molecule has 1 aliphatic carbocycles. The molecule has 6 nitrogen and oxygen atoms in total. The minimum absolute atomic E-state index is 0.0135. The highest BCUT2D eigenvalue weighted by Gasteiger charge is 2.26. The van der Waals surface area contributed by atoms with Crippen molar-refractivity contribution in [2.45, 2.75) is 51.6 Å². The number of nitrogens with one attached hydrogen (secondary N) is 2. The van der Waals surface area contributed by atoms with Crippen molar-refractivity contribution in [1.82, 2.24) is 10.2 Å². The first-order valence-corrected chi connectivity index (χ1v) is 9.35. The van der Waals surface area contributed by atoms with E-state index in [0.29, 0.717) is 17.4 Å². The Morgan fingerprint density at radius 3 is 2.73 bits per heavy atom. The van der Waals surface area contributed by atoms with Crippen molar-refractivity contribution in [3.05, 3.63) is 24.3 Å². The summed E-state index contributed by atoms with van der Waals surface area (Å²) in [6.07, 6.45) is 4.62. The Kier molecular flexibility index (Phi) is 7.45. The maximum atomic E-state index is 12.5. The average Bonchev–Trinajstić information content (AvgIpc) is 2.62. The third kappa shape index (κ3) is 5.73. The van der Waals surface area contributed by atoms with Crippen LogP contribution in [0.2, 0.25) is 0 Å². The lowest BCUT2D eigenvalue weighted by Gasteiger charge is -2.32. The number of methoxy groups -OCH3 is 1. The molecule has 0 bridgehead atoms. The molecule has 0 heterocycles. The molecule has 1 aromatic rings. The van der Waals surface area contributed by atoms with Crippen LogP contribution in [0.4, 0.5) is 5.69 Å². The smallest absolute Gasteiger partial charge is 0.238 e. The number of anilines is 1. The van der Waals surface area contributed by atoms with Crippen LogP contribution in [0.1, 0.15) is 39.5 Å². The number of nitrogens with zero attached hydrogens (tertiary/aromatic N) is 1. The van der Waals surface area contributed by atoms with E-state index in [0.717, 1.165) is 12.8 Å². The summed E-state index contributed by atoms with van der Waals surface area (Å²) in [6, 6.07) is 7.09.